The molecule has 2 aromatic carbocycles. The average Bonchev–Trinajstić information content (AvgIpc) is 3.06. The molecular formula is C20H21N3O4S2. The van der Waals surface area contributed by atoms with Gasteiger partial charge in [0.2, 0.25) is 5.91 Å². The normalized spacial score (nSPS) is 18.3. The quantitative estimate of drug-likeness (QED) is 0.392. The molecule has 0 aromatic heterocycles. The summed E-state index contributed by atoms with van der Waals surface area (Å²) in [5.74, 6) is 0.132. The first-order valence-electron chi connectivity index (χ1n) is 9.16. The molecule has 152 valence electrons. The van der Waals surface area contributed by atoms with Gasteiger partial charge in [-0.25, -0.2) is 0 Å². The summed E-state index contributed by atoms with van der Waals surface area (Å²) in [6, 6.07) is 14.4. The van der Waals surface area contributed by atoms with Gasteiger partial charge in [-0.15, -0.1) is 5.10 Å². The fraction of sp³-hybridized carbons (Fsp3) is 0.250. The number of carbonyl (C=O) groups excluding carboxylic acids is 1. The van der Waals surface area contributed by atoms with E-state index in [4.69, 9.17) is 4.18 Å². The van der Waals surface area contributed by atoms with Crippen LogP contribution < -0.4 is 9.50 Å². The minimum absolute atomic E-state index is 0.0427. The van der Waals surface area contributed by atoms with Crippen molar-refractivity contribution in [3.63, 3.8) is 0 Å². The lowest BCUT2D eigenvalue weighted by atomic mass is 10.2. The molecule has 1 N–H and O–H groups in total. The van der Waals surface area contributed by atoms with E-state index in [2.05, 4.69) is 22.4 Å². The molecule has 1 amide bonds. The van der Waals surface area contributed by atoms with Crippen LogP contribution in [-0.2, 0) is 14.9 Å². The zero-order valence-electron chi connectivity index (χ0n) is 15.8. The number of nitrogens with zero attached hydrogens (tertiary/aromatic N) is 2. The van der Waals surface area contributed by atoms with Crippen molar-refractivity contribution < 1.29 is 17.4 Å². The number of amides is 1. The van der Waals surface area contributed by atoms with E-state index in [1.54, 1.807) is 42.5 Å². The van der Waals surface area contributed by atoms with Crippen molar-refractivity contribution in [1.82, 2.24) is 5.32 Å². The van der Waals surface area contributed by atoms with Crippen LogP contribution >= 0.6 is 11.8 Å². The standard InChI is InChI=1S/C20H21N3O4S2/c1-2-3-12-18-19(24)22-20(28-18)23-21-14-15-8-7-9-16(13-15)27-29(25,26)17-10-5-4-6-11-17/h4-11,13-14,18H,2-3,12H2,1H3,(H,22,23,24)/b21-14-/t18-/m0/s1. The first-order chi connectivity index (χ1) is 14.0. The number of hydrogen-bond donors (Lipinski definition) is 1. The minimum Gasteiger partial charge on any atom is -0.379 e. The molecule has 1 heterocycles. The maximum atomic E-state index is 12.3. The summed E-state index contributed by atoms with van der Waals surface area (Å²) < 4.78 is 29.8. The molecule has 1 fully saturated rings. The van der Waals surface area contributed by atoms with Crippen LogP contribution in [0.1, 0.15) is 31.7 Å². The summed E-state index contributed by atoms with van der Waals surface area (Å²) in [5, 5.41) is 11.1. The SMILES string of the molecule is CCCC[C@@H]1S/C(=N\N=C/c2cccc(OS(=O)(=O)c3ccccc3)c2)NC1=O. The van der Waals surface area contributed by atoms with E-state index in [1.807, 2.05) is 0 Å². The zero-order valence-corrected chi connectivity index (χ0v) is 17.4. The first-order valence-corrected chi connectivity index (χ1v) is 11.4. The van der Waals surface area contributed by atoms with Crippen LogP contribution in [-0.4, -0.2) is 31.0 Å². The summed E-state index contributed by atoms with van der Waals surface area (Å²) in [5.41, 5.74) is 0.618. The molecule has 29 heavy (non-hydrogen) atoms. The lowest BCUT2D eigenvalue weighted by molar-refractivity contribution is -0.118. The maximum Gasteiger partial charge on any atom is 0.339 e. The van der Waals surface area contributed by atoms with Gasteiger partial charge >= 0.3 is 10.1 Å². The topological polar surface area (TPSA) is 97.2 Å². The monoisotopic (exact) mass is 431 g/mol. The Labute approximate surface area is 174 Å². The van der Waals surface area contributed by atoms with Crippen molar-refractivity contribution in [2.75, 3.05) is 0 Å². The Hall–Kier alpha value is -2.65. The van der Waals surface area contributed by atoms with Crippen LogP contribution in [0.3, 0.4) is 0 Å². The van der Waals surface area contributed by atoms with Gasteiger partial charge in [-0.1, -0.05) is 61.9 Å². The fourth-order valence-corrected chi connectivity index (χ4v) is 4.51. The van der Waals surface area contributed by atoms with Crippen molar-refractivity contribution in [1.29, 1.82) is 0 Å². The van der Waals surface area contributed by atoms with E-state index in [0.29, 0.717) is 10.7 Å². The molecule has 0 aliphatic carbocycles. The lowest BCUT2D eigenvalue weighted by Gasteiger charge is -2.07. The highest BCUT2D eigenvalue weighted by Gasteiger charge is 2.29. The number of nitrogens with one attached hydrogen (secondary N) is 1. The summed E-state index contributed by atoms with van der Waals surface area (Å²) in [6.45, 7) is 2.08. The van der Waals surface area contributed by atoms with Gasteiger partial charge in [0, 0.05) is 0 Å². The Morgan fingerprint density at radius 2 is 1.97 bits per heavy atom. The number of carbonyl (C=O) groups is 1. The smallest absolute Gasteiger partial charge is 0.339 e. The molecule has 0 unspecified atom stereocenters. The molecule has 9 heteroatoms. The van der Waals surface area contributed by atoms with Crippen molar-refractivity contribution in [2.24, 2.45) is 10.2 Å². The minimum atomic E-state index is -3.91. The highest BCUT2D eigenvalue weighted by molar-refractivity contribution is 8.15. The second kappa shape index (κ2) is 9.71. The molecule has 1 saturated heterocycles. The average molecular weight is 432 g/mol. The van der Waals surface area contributed by atoms with Gasteiger partial charge in [-0.3, -0.25) is 4.79 Å². The number of amidine groups is 1. The Kier molecular flexibility index (Phi) is 7.05. The second-order valence-electron chi connectivity index (χ2n) is 6.31. The maximum absolute atomic E-state index is 12.3. The van der Waals surface area contributed by atoms with Gasteiger partial charge in [-0.2, -0.15) is 13.5 Å². The molecule has 0 bridgehead atoms. The third-order valence-electron chi connectivity index (χ3n) is 4.05. The third-order valence-corrected chi connectivity index (χ3v) is 6.45. The summed E-state index contributed by atoms with van der Waals surface area (Å²) >= 11 is 1.37. The Bertz CT molecular complexity index is 1020. The van der Waals surface area contributed by atoms with Crippen molar-refractivity contribution in [3.8, 4) is 5.75 Å². The molecule has 0 radical (unpaired) electrons. The Morgan fingerprint density at radius 3 is 2.72 bits per heavy atom. The fourth-order valence-electron chi connectivity index (χ4n) is 2.59. The van der Waals surface area contributed by atoms with E-state index >= 15 is 0 Å². The molecule has 3 rings (SSSR count). The number of benzene rings is 2. The molecular weight excluding hydrogens is 410 g/mol. The Morgan fingerprint density at radius 1 is 1.17 bits per heavy atom. The van der Waals surface area contributed by atoms with Gasteiger partial charge in [0.1, 0.15) is 10.6 Å². The van der Waals surface area contributed by atoms with Crippen LogP contribution in [0.25, 0.3) is 0 Å². The summed E-state index contributed by atoms with van der Waals surface area (Å²) in [4.78, 5) is 12.0. The van der Waals surface area contributed by atoms with Gasteiger partial charge in [-0.05, 0) is 36.2 Å². The lowest BCUT2D eigenvalue weighted by Crippen LogP contribution is -2.24. The molecule has 1 aliphatic rings. The van der Waals surface area contributed by atoms with Crippen LogP contribution in [0.4, 0.5) is 0 Å². The van der Waals surface area contributed by atoms with E-state index in [0.717, 1.165) is 19.3 Å². The highest BCUT2D eigenvalue weighted by Crippen LogP contribution is 2.24. The van der Waals surface area contributed by atoms with Crippen LogP contribution in [0.15, 0.2) is 69.7 Å². The van der Waals surface area contributed by atoms with Gasteiger partial charge < -0.3 is 9.50 Å². The first kappa shape index (κ1) is 21.1. The van der Waals surface area contributed by atoms with Crippen LogP contribution in [0.5, 0.6) is 5.75 Å². The van der Waals surface area contributed by atoms with E-state index < -0.39 is 10.1 Å². The molecule has 1 aliphatic heterocycles. The van der Waals surface area contributed by atoms with Crippen LogP contribution in [0.2, 0.25) is 0 Å². The highest BCUT2D eigenvalue weighted by atomic mass is 32.2. The number of thioether (sulfide) groups is 1. The van der Waals surface area contributed by atoms with E-state index in [9.17, 15) is 13.2 Å². The predicted molar refractivity (Wildman–Crippen MR) is 115 cm³/mol. The Balaban J connectivity index is 1.65. The van der Waals surface area contributed by atoms with Crippen molar-refractivity contribution in [2.45, 2.75) is 36.3 Å². The summed E-state index contributed by atoms with van der Waals surface area (Å²) in [6.07, 6.45) is 4.31. The van der Waals surface area contributed by atoms with Crippen LogP contribution in [0, 0.1) is 0 Å². The molecule has 7 nitrogen and oxygen atoms in total. The van der Waals surface area contributed by atoms with Crippen molar-refractivity contribution in [3.05, 3.63) is 60.2 Å². The molecule has 1 atom stereocenters. The number of rotatable bonds is 8. The van der Waals surface area contributed by atoms with E-state index in [-0.39, 0.29) is 21.8 Å². The van der Waals surface area contributed by atoms with Gasteiger partial charge in [0.15, 0.2) is 5.17 Å². The zero-order chi connectivity index (χ0) is 20.7. The summed E-state index contributed by atoms with van der Waals surface area (Å²) in [7, 11) is -3.91. The largest absolute Gasteiger partial charge is 0.379 e. The predicted octanol–water partition coefficient (Wildman–Crippen LogP) is 3.57. The molecule has 0 saturated carbocycles. The number of hydrogen-bond acceptors (Lipinski definition) is 7. The van der Waals surface area contributed by atoms with Crippen molar-refractivity contribution >= 4 is 39.2 Å². The third kappa shape index (κ3) is 5.91. The number of unbranched alkanes of at least 4 members (excludes halogenated alkanes) is 1. The van der Waals surface area contributed by atoms with Gasteiger partial charge in [0.25, 0.3) is 0 Å². The van der Waals surface area contributed by atoms with E-state index in [1.165, 1.54) is 30.1 Å². The second-order valence-corrected chi connectivity index (χ2v) is 9.05. The molecule has 0 spiro atoms. The van der Waals surface area contributed by atoms with Gasteiger partial charge in [0.05, 0.1) is 11.5 Å². The molecule has 2 aromatic rings.